The summed E-state index contributed by atoms with van der Waals surface area (Å²) in [4.78, 5) is 31.9. The van der Waals surface area contributed by atoms with Gasteiger partial charge >= 0.3 is 0 Å². The number of fused-ring (bicyclic) bond motifs is 2. The number of benzene rings is 2. The second-order valence-corrected chi connectivity index (χ2v) is 7.29. The number of ketones is 2. The van der Waals surface area contributed by atoms with Crippen LogP contribution < -0.4 is 0 Å². The summed E-state index contributed by atoms with van der Waals surface area (Å²) in [5, 5.41) is 0. The minimum absolute atomic E-state index is 0. The summed E-state index contributed by atoms with van der Waals surface area (Å²) >= 11 is 0. The number of rotatable bonds is 2. The first-order chi connectivity index (χ1) is 15.7. The van der Waals surface area contributed by atoms with E-state index in [4.69, 9.17) is 8.83 Å². The molecule has 2 aromatic heterocycles. The molecule has 0 aliphatic heterocycles. The maximum Gasteiger partial charge on any atom is 0.210 e. The molecular formula is C26H18N2O4Zn. The van der Waals surface area contributed by atoms with Gasteiger partial charge in [0.25, 0.3) is 0 Å². The number of hydrogen-bond acceptors (Lipinski definition) is 6. The minimum Gasteiger partial charge on any atom is -0.440 e. The van der Waals surface area contributed by atoms with E-state index in [0.717, 1.165) is 11.0 Å². The van der Waals surface area contributed by atoms with E-state index in [9.17, 15) is 9.59 Å². The molecule has 6 rings (SSSR count). The Bertz CT molecular complexity index is 1260. The number of allylic oxidation sites excluding steroid dienone is 8. The Morgan fingerprint density at radius 1 is 0.606 bits per heavy atom. The third-order valence-electron chi connectivity index (χ3n) is 5.12. The monoisotopic (exact) mass is 486 g/mol. The average molecular weight is 488 g/mol. The molecule has 0 fully saturated rings. The maximum atomic E-state index is 11.6. The Labute approximate surface area is 202 Å². The molecule has 2 aliphatic rings. The first kappa shape index (κ1) is 22.5. The summed E-state index contributed by atoms with van der Waals surface area (Å²) in [7, 11) is 0. The first-order valence-electron chi connectivity index (χ1n) is 10.2. The van der Waals surface area contributed by atoms with Crippen LogP contribution in [0.1, 0.15) is 23.6 Å². The molecule has 2 aliphatic carbocycles. The summed E-state index contributed by atoms with van der Waals surface area (Å²) in [6.45, 7) is 0. The third-order valence-corrected chi connectivity index (χ3v) is 5.12. The molecule has 0 saturated carbocycles. The molecule has 0 N–H and O–H groups in total. The Morgan fingerprint density at radius 2 is 1.03 bits per heavy atom. The molecule has 2 aromatic carbocycles. The third kappa shape index (κ3) is 4.74. The van der Waals surface area contributed by atoms with Crippen LogP contribution in [0.25, 0.3) is 22.2 Å². The van der Waals surface area contributed by atoms with Gasteiger partial charge in [0.05, 0.1) is 0 Å². The standard InChI is InChI=1S/2C13H9NO2.Zn/c2*15-11-7-3-1-5-9(11)13-14-10-6-2-4-8-12(10)16-13;/h2*1-9H;. The zero-order chi connectivity index (χ0) is 21.9. The molecule has 158 valence electrons. The zero-order valence-electron chi connectivity index (χ0n) is 17.6. The van der Waals surface area contributed by atoms with E-state index in [1.165, 1.54) is 0 Å². The van der Waals surface area contributed by atoms with Gasteiger partial charge in [0.2, 0.25) is 11.8 Å². The Hall–Kier alpha value is -3.70. The molecule has 0 amide bonds. The number of para-hydroxylation sites is 4. The molecule has 0 bridgehead atoms. The fraction of sp³-hybridized carbons (Fsp3) is 0.0769. The second-order valence-electron chi connectivity index (χ2n) is 7.29. The number of carbonyl (C=O) groups is 2. The van der Waals surface area contributed by atoms with Crippen LogP contribution in [0.4, 0.5) is 0 Å². The van der Waals surface area contributed by atoms with Gasteiger partial charge < -0.3 is 8.83 Å². The second kappa shape index (κ2) is 9.84. The van der Waals surface area contributed by atoms with Gasteiger partial charge in [0, 0.05) is 19.5 Å². The van der Waals surface area contributed by atoms with Crippen molar-refractivity contribution in [3.8, 4) is 0 Å². The maximum absolute atomic E-state index is 11.6. The molecule has 2 heterocycles. The largest absolute Gasteiger partial charge is 0.440 e. The molecule has 0 spiro atoms. The van der Waals surface area contributed by atoms with Gasteiger partial charge in [-0.3, -0.25) is 9.59 Å². The SMILES string of the molecule is O=C1C=CC=CC1c1nc2ccccc2o1.O=C1C=CC=CC1c1nc2ccccc2o1.[Zn]. The van der Waals surface area contributed by atoms with Crippen molar-refractivity contribution in [3.05, 3.63) is 109 Å². The predicted octanol–water partition coefficient (Wildman–Crippen LogP) is 5.21. The van der Waals surface area contributed by atoms with E-state index in [0.29, 0.717) is 22.9 Å². The summed E-state index contributed by atoms with van der Waals surface area (Å²) in [6.07, 6.45) is 13.8. The van der Waals surface area contributed by atoms with Gasteiger partial charge in [-0.25, -0.2) is 9.97 Å². The van der Waals surface area contributed by atoms with Crippen molar-refractivity contribution < 1.29 is 37.9 Å². The van der Waals surface area contributed by atoms with Gasteiger partial charge in [-0.15, -0.1) is 0 Å². The van der Waals surface area contributed by atoms with E-state index in [-0.39, 0.29) is 42.9 Å². The van der Waals surface area contributed by atoms with E-state index in [1.54, 1.807) is 36.5 Å². The van der Waals surface area contributed by atoms with Crippen molar-refractivity contribution in [2.45, 2.75) is 11.8 Å². The Kier molecular flexibility index (Phi) is 6.71. The number of hydrogen-bond donors (Lipinski definition) is 0. The van der Waals surface area contributed by atoms with Crippen molar-refractivity contribution in [1.29, 1.82) is 0 Å². The topological polar surface area (TPSA) is 86.2 Å². The van der Waals surface area contributed by atoms with E-state index in [2.05, 4.69) is 9.97 Å². The van der Waals surface area contributed by atoms with Crippen LogP contribution in [-0.2, 0) is 29.1 Å². The minimum atomic E-state index is -0.377. The van der Waals surface area contributed by atoms with Crippen LogP contribution in [0, 0.1) is 0 Å². The van der Waals surface area contributed by atoms with Crippen LogP contribution in [0.3, 0.4) is 0 Å². The fourth-order valence-electron chi connectivity index (χ4n) is 3.50. The van der Waals surface area contributed by atoms with Crippen LogP contribution >= 0.6 is 0 Å². The van der Waals surface area contributed by atoms with Gasteiger partial charge in [0.1, 0.15) is 22.9 Å². The molecule has 0 saturated heterocycles. The van der Waals surface area contributed by atoms with Crippen LogP contribution in [0.15, 0.2) is 106 Å². The number of oxazole rings is 2. The van der Waals surface area contributed by atoms with E-state index >= 15 is 0 Å². The van der Waals surface area contributed by atoms with Crippen molar-refractivity contribution >= 4 is 33.8 Å². The molecule has 33 heavy (non-hydrogen) atoms. The van der Waals surface area contributed by atoms with Crippen molar-refractivity contribution in [2.75, 3.05) is 0 Å². The summed E-state index contributed by atoms with van der Waals surface area (Å²) in [6, 6.07) is 15.0. The number of aromatic nitrogens is 2. The summed E-state index contributed by atoms with van der Waals surface area (Å²) in [5.41, 5.74) is 3.00. The van der Waals surface area contributed by atoms with Crippen molar-refractivity contribution in [1.82, 2.24) is 9.97 Å². The number of carbonyl (C=O) groups excluding carboxylic acids is 2. The fourth-order valence-corrected chi connectivity index (χ4v) is 3.50. The molecular weight excluding hydrogens is 470 g/mol. The molecule has 2 atom stereocenters. The van der Waals surface area contributed by atoms with E-state index in [1.807, 2.05) is 60.7 Å². The first-order valence-corrected chi connectivity index (χ1v) is 10.2. The predicted molar refractivity (Wildman–Crippen MR) is 120 cm³/mol. The quantitative estimate of drug-likeness (QED) is 0.361. The van der Waals surface area contributed by atoms with Crippen LogP contribution in [-0.4, -0.2) is 21.5 Å². The normalized spacial score (nSPS) is 18.9. The Balaban J connectivity index is 0.000000152. The van der Waals surface area contributed by atoms with Gasteiger partial charge in [0.15, 0.2) is 22.7 Å². The van der Waals surface area contributed by atoms with Gasteiger partial charge in [-0.1, -0.05) is 60.7 Å². The number of nitrogens with zero attached hydrogens (tertiary/aromatic N) is 2. The van der Waals surface area contributed by atoms with Crippen molar-refractivity contribution in [3.63, 3.8) is 0 Å². The van der Waals surface area contributed by atoms with Crippen LogP contribution in [0.5, 0.6) is 0 Å². The molecule has 6 nitrogen and oxygen atoms in total. The smallest absolute Gasteiger partial charge is 0.210 e. The summed E-state index contributed by atoms with van der Waals surface area (Å²) < 4.78 is 11.1. The molecule has 0 radical (unpaired) electrons. The van der Waals surface area contributed by atoms with Crippen LogP contribution in [0.2, 0.25) is 0 Å². The van der Waals surface area contributed by atoms with Crippen molar-refractivity contribution in [2.24, 2.45) is 0 Å². The molecule has 7 heteroatoms. The summed E-state index contributed by atoms with van der Waals surface area (Å²) in [5.74, 6) is 0.191. The van der Waals surface area contributed by atoms with E-state index < -0.39 is 0 Å². The Morgan fingerprint density at radius 3 is 1.42 bits per heavy atom. The van der Waals surface area contributed by atoms with Gasteiger partial charge in [-0.05, 0) is 36.4 Å². The molecule has 4 aromatic rings. The average Bonchev–Trinajstić information content (AvgIpc) is 3.44. The molecule has 2 unspecified atom stereocenters. The van der Waals surface area contributed by atoms with Gasteiger partial charge in [-0.2, -0.15) is 0 Å². The zero-order valence-corrected chi connectivity index (χ0v) is 20.6.